The van der Waals surface area contributed by atoms with E-state index >= 15 is 0 Å². The molecule has 0 amide bonds. The molecule has 0 aliphatic carbocycles. The Kier molecular flexibility index (Phi) is 5.52. The lowest BCUT2D eigenvalue weighted by atomic mass is 10.0. The molecule has 5 nitrogen and oxygen atoms in total. The molecule has 0 aromatic carbocycles. The molecule has 0 bridgehead atoms. The summed E-state index contributed by atoms with van der Waals surface area (Å²) in [5.74, 6) is 2.54. The highest BCUT2D eigenvalue weighted by Crippen LogP contribution is 2.14. The predicted octanol–water partition coefficient (Wildman–Crippen LogP) is 2.34. The zero-order valence-corrected chi connectivity index (χ0v) is 11.0. The van der Waals surface area contributed by atoms with Crippen molar-refractivity contribution in [2.24, 2.45) is 5.92 Å². The molecule has 0 saturated carbocycles. The van der Waals surface area contributed by atoms with E-state index in [1.807, 2.05) is 13.0 Å². The Hall–Kier alpha value is -1.52. The van der Waals surface area contributed by atoms with Gasteiger partial charge < -0.3 is 16.4 Å². The van der Waals surface area contributed by atoms with Gasteiger partial charge in [-0.25, -0.2) is 0 Å². The van der Waals surface area contributed by atoms with Gasteiger partial charge in [-0.15, -0.1) is 0 Å². The van der Waals surface area contributed by atoms with Gasteiger partial charge in [-0.1, -0.05) is 26.7 Å². The van der Waals surface area contributed by atoms with Gasteiger partial charge in [0.2, 0.25) is 5.95 Å². The molecular formula is C12H23N5. The van der Waals surface area contributed by atoms with Gasteiger partial charge in [-0.3, -0.25) is 0 Å². The standard InChI is InChI=1S/C12H23N5/c1-4-9(5-2)8-15-11-7-10(14-6-3)16-12(13)17-11/h7,9H,4-6,8H2,1-3H3,(H4,13,14,15,16,17). The van der Waals surface area contributed by atoms with Gasteiger partial charge in [-0.2, -0.15) is 9.97 Å². The van der Waals surface area contributed by atoms with E-state index in [0.29, 0.717) is 11.9 Å². The minimum absolute atomic E-state index is 0.301. The van der Waals surface area contributed by atoms with Crippen LogP contribution in [0.2, 0.25) is 0 Å². The SMILES string of the molecule is CCNc1cc(NCC(CC)CC)nc(N)n1. The normalized spacial score (nSPS) is 10.6. The van der Waals surface area contributed by atoms with Gasteiger partial charge in [0.1, 0.15) is 11.6 Å². The fourth-order valence-corrected chi connectivity index (χ4v) is 1.65. The molecule has 1 heterocycles. The van der Waals surface area contributed by atoms with Crippen molar-refractivity contribution < 1.29 is 0 Å². The number of anilines is 3. The van der Waals surface area contributed by atoms with Gasteiger partial charge >= 0.3 is 0 Å². The molecule has 17 heavy (non-hydrogen) atoms. The van der Waals surface area contributed by atoms with Crippen molar-refractivity contribution in [1.29, 1.82) is 0 Å². The van der Waals surface area contributed by atoms with Gasteiger partial charge in [-0.05, 0) is 12.8 Å². The second-order valence-corrected chi connectivity index (χ2v) is 4.09. The molecule has 4 N–H and O–H groups in total. The first-order valence-electron chi connectivity index (χ1n) is 6.31. The molecule has 1 aromatic rings. The molecule has 0 aliphatic heterocycles. The van der Waals surface area contributed by atoms with E-state index in [0.717, 1.165) is 24.7 Å². The van der Waals surface area contributed by atoms with Crippen molar-refractivity contribution in [3.8, 4) is 0 Å². The second kappa shape index (κ2) is 6.93. The Morgan fingerprint density at radius 3 is 2.24 bits per heavy atom. The number of nitrogen functional groups attached to an aromatic ring is 1. The van der Waals surface area contributed by atoms with Crippen molar-refractivity contribution in [2.45, 2.75) is 33.6 Å². The van der Waals surface area contributed by atoms with Crippen molar-refractivity contribution in [1.82, 2.24) is 9.97 Å². The quantitative estimate of drug-likeness (QED) is 0.678. The summed E-state index contributed by atoms with van der Waals surface area (Å²) in [4.78, 5) is 8.28. The van der Waals surface area contributed by atoms with Crippen molar-refractivity contribution in [3.05, 3.63) is 6.07 Å². The van der Waals surface area contributed by atoms with Crippen LogP contribution in [0.3, 0.4) is 0 Å². The first kappa shape index (κ1) is 13.5. The van der Waals surface area contributed by atoms with Crippen LogP contribution >= 0.6 is 0 Å². The van der Waals surface area contributed by atoms with E-state index in [9.17, 15) is 0 Å². The Morgan fingerprint density at radius 1 is 1.12 bits per heavy atom. The van der Waals surface area contributed by atoms with Crippen LogP contribution in [0.25, 0.3) is 0 Å². The average Bonchev–Trinajstić information content (AvgIpc) is 2.30. The zero-order valence-electron chi connectivity index (χ0n) is 11.0. The molecule has 0 fully saturated rings. The van der Waals surface area contributed by atoms with E-state index < -0.39 is 0 Å². The Morgan fingerprint density at radius 2 is 1.71 bits per heavy atom. The number of hydrogen-bond acceptors (Lipinski definition) is 5. The summed E-state index contributed by atoms with van der Waals surface area (Å²) < 4.78 is 0. The molecule has 96 valence electrons. The lowest BCUT2D eigenvalue weighted by molar-refractivity contribution is 0.518. The highest BCUT2D eigenvalue weighted by molar-refractivity contribution is 5.50. The minimum atomic E-state index is 0.301. The third kappa shape index (κ3) is 4.46. The highest BCUT2D eigenvalue weighted by atomic mass is 15.1. The molecule has 1 aromatic heterocycles. The molecule has 0 radical (unpaired) electrons. The molecule has 1 rings (SSSR count). The fourth-order valence-electron chi connectivity index (χ4n) is 1.65. The van der Waals surface area contributed by atoms with Gasteiger partial charge in [0.25, 0.3) is 0 Å². The fraction of sp³-hybridized carbons (Fsp3) is 0.667. The monoisotopic (exact) mass is 237 g/mol. The summed E-state index contributed by atoms with van der Waals surface area (Å²) in [6.07, 6.45) is 2.34. The van der Waals surface area contributed by atoms with Gasteiger partial charge in [0.15, 0.2) is 0 Å². The molecule has 0 spiro atoms. The average molecular weight is 237 g/mol. The van der Waals surface area contributed by atoms with Crippen LogP contribution in [-0.4, -0.2) is 23.1 Å². The molecule has 0 unspecified atom stereocenters. The van der Waals surface area contributed by atoms with Crippen LogP contribution in [0, 0.1) is 5.92 Å². The molecule has 0 saturated heterocycles. The summed E-state index contributed by atoms with van der Waals surface area (Å²) in [5, 5.41) is 6.45. The highest BCUT2D eigenvalue weighted by Gasteiger charge is 2.05. The van der Waals surface area contributed by atoms with E-state index in [2.05, 4.69) is 34.4 Å². The number of hydrogen-bond donors (Lipinski definition) is 3. The number of nitrogens with zero attached hydrogens (tertiary/aromatic N) is 2. The third-order valence-electron chi connectivity index (χ3n) is 2.83. The first-order chi connectivity index (χ1) is 8.19. The number of rotatable bonds is 7. The third-order valence-corrected chi connectivity index (χ3v) is 2.83. The zero-order chi connectivity index (χ0) is 12.7. The first-order valence-corrected chi connectivity index (χ1v) is 6.31. The van der Waals surface area contributed by atoms with Crippen LogP contribution < -0.4 is 16.4 Å². The van der Waals surface area contributed by atoms with Crippen molar-refractivity contribution >= 4 is 17.6 Å². The molecule has 0 atom stereocenters. The van der Waals surface area contributed by atoms with Crippen LogP contribution in [0.1, 0.15) is 33.6 Å². The van der Waals surface area contributed by atoms with E-state index in [1.165, 1.54) is 12.8 Å². The van der Waals surface area contributed by atoms with Crippen molar-refractivity contribution in [3.63, 3.8) is 0 Å². The largest absolute Gasteiger partial charge is 0.370 e. The van der Waals surface area contributed by atoms with Crippen molar-refractivity contribution in [2.75, 3.05) is 29.5 Å². The number of aromatic nitrogens is 2. The Labute approximate surface area is 103 Å². The minimum Gasteiger partial charge on any atom is -0.370 e. The lowest BCUT2D eigenvalue weighted by Crippen LogP contribution is -2.14. The van der Waals surface area contributed by atoms with Crippen LogP contribution in [0.5, 0.6) is 0 Å². The maximum Gasteiger partial charge on any atom is 0.223 e. The summed E-state index contributed by atoms with van der Waals surface area (Å²) in [6.45, 7) is 8.18. The molecular weight excluding hydrogens is 214 g/mol. The predicted molar refractivity (Wildman–Crippen MR) is 73.2 cm³/mol. The van der Waals surface area contributed by atoms with E-state index in [1.54, 1.807) is 0 Å². The Bertz CT molecular complexity index is 336. The van der Waals surface area contributed by atoms with Gasteiger partial charge in [0.05, 0.1) is 0 Å². The molecule has 5 heteroatoms. The summed E-state index contributed by atoms with van der Waals surface area (Å²) in [7, 11) is 0. The maximum atomic E-state index is 5.66. The second-order valence-electron chi connectivity index (χ2n) is 4.09. The van der Waals surface area contributed by atoms with Gasteiger partial charge in [0, 0.05) is 19.2 Å². The maximum absolute atomic E-state index is 5.66. The van der Waals surface area contributed by atoms with Crippen LogP contribution in [0.4, 0.5) is 17.6 Å². The molecule has 0 aliphatic rings. The summed E-state index contributed by atoms with van der Waals surface area (Å²) in [5.41, 5.74) is 5.66. The van der Waals surface area contributed by atoms with Crippen LogP contribution in [0.15, 0.2) is 6.07 Å². The topological polar surface area (TPSA) is 75.9 Å². The van der Waals surface area contributed by atoms with Crippen LogP contribution in [-0.2, 0) is 0 Å². The Balaban J connectivity index is 2.63. The summed E-state index contributed by atoms with van der Waals surface area (Å²) >= 11 is 0. The lowest BCUT2D eigenvalue weighted by Gasteiger charge is -2.14. The smallest absolute Gasteiger partial charge is 0.223 e. The van der Waals surface area contributed by atoms with E-state index in [-0.39, 0.29) is 0 Å². The number of nitrogens with one attached hydrogen (secondary N) is 2. The van der Waals surface area contributed by atoms with E-state index in [4.69, 9.17) is 5.73 Å². The summed E-state index contributed by atoms with van der Waals surface area (Å²) in [6, 6.07) is 1.89. The number of nitrogens with two attached hydrogens (primary N) is 1.